The van der Waals surface area contributed by atoms with E-state index in [2.05, 4.69) is 10.2 Å². The first-order chi connectivity index (χ1) is 11.6. The van der Waals surface area contributed by atoms with E-state index in [1.54, 1.807) is 12.1 Å². The van der Waals surface area contributed by atoms with Gasteiger partial charge in [0, 0.05) is 19.1 Å². The number of halogens is 1. The van der Waals surface area contributed by atoms with Gasteiger partial charge < -0.3 is 10.4 Å². The second-order valence-electron chi connectivity index (χ2n) is 7.09. The summed E-state index contributed by atoms with van der Waals surface area (Å²) in [6.45, 7) is 1.95. The number of aliphatic hydroxyl groups is 1. The third-order valence-electron chi connectivity index (χ3n) is 5.38. The van der Waals surface area contributed by atoms with E-state index in [0.29, 0.717) is 11.6 Å². The molecule has 0 spiro atoms. The number of rotatable bonds is 5. The Labute approximate surface area is 143 Å². The molecule has 1 aromatic rings. The summed E-state index contributed by atoms with van der Waals surface area (Å²) in [5.41, 5.74) is 0.491. The number of amides is 1. The molecule has 2 unspecified atom stereocenters. The molecular weight excluding hydrogens is 307 g/mol. The number of carbonyl (C=O) groups excluding carboxylic acids is 1. The van der Waals surface area contributed by atoms with Gasteiger partial charge in [-0.2, -0.15) is 0 Å². The van der Waals surface area contributed by atoms with Crippen LogP contribution in [0.3, 0.4) is 0 Å². The number of nitrogens with zero attached hydrogens (tertiary/aromatic N) is 1. The predicted octanol–water partition coefficient (Wildman–Crippen LogP) is 2.63. The lowest BCUT2D eigenvalue weighted by Gasteiger charge is -2.30. The van der Waals surface area contributed by atoms with Crippen LogP contribution in [0.2, 0.25) is 0 Å². The summed E-state index contributed by atoms with van der Waals surface area (Å²) in [5.74, 6) is -0.368. The van der Waals surface area contributed by atoms with Crippen LogP contribution in [0, 0.1) is 11.7 Å². The molecule has 1 saturated carbocycles. The SMILES string of the molecule is O=C(NCC(O)c1cccc(F)c1)C1CCN(C2CCCCC2)C1. The highest BCUT2D eigenvalue weighted by Gasteiger charge is 2.32. The van der Waals surface area contributed by atoms with E-state index in [-0.39, 0.29) is 24.2 Å². The van der Waals surface area contributed by atoms with Crippen LogP contribution in [0.5, 0.6) is 0 Å². The minimum absolute atomic E-state index is 0.00348. The van der Waals surface area contributed by atoms with Gasteiger partial charge in [-0.05, 0) is 43.5 Å². The molecule has 132 valence electrons. The summed E-state index contributed by atoms with van der Waals surface area (Å²) in [4.78, 5) is 14.8. The van der Waals surface area contributed by atoms with Crippen LogP contribution in [0.25, 0.3) is 0 Å². The molecule has 2 aliphatic rings. The van der Waals surface area contributed by atoms with E-state index < -0.39 is 6.10 Å². The first-order valence-electron chi connectivity index (χ1n) is 9.09. The Balaban J connectivity index is 1.45. The summed E-state index contributed by atoms with van der Waals surface area (Å²) in [5, 5.41) is 12.9. The number of aliphatic hydroxyl groups excluding tert-OH is 1. The minimum Gasteiger partial charge on any atom is -0.387 e. The molecule has 1 aromatic carbocycles. The summed E-state index contributed by atoms with van der Waals surface area (Å²) >= 11 is 0. The zero-order valence-electron chi connectivity index (χ0n) is 14.1. The molecule has 2 N–H and O–H groups in total. The van der Waals surface area contributed by atoms with Crippen molar-refractivity contribution < 1.29 is 14.3 Å². The van der Waals surface area contributed by atoms with Gasteiger partial charge in [0.2, 0.25) is 5.91 Å². The molecule has 1 aliphatic carbocycles. The number of hydrogen-bond acceptors (Lipinski definition) is 3. The Morgan fingerprint density at radius 1 is 1.29 bits per heavy atom. The van der Waals surface area contributed by atoms with Crippen molar-refractivity contribution in [3.63, 3.8) is 0 Å². The van der Waals surface area contributed by atoms with Crippen molar-refractivity contribution in [2.45, 2.75) is 50.7 Å². The highest BCUT2D eigenvalue weighted by molar-refractivity contribution is 5.79. The third-order valence-corrected chi connectivity index (χ3v) is 5.38. The molecule has 24 heavy (non-hydrogen) atoms. The van der Waals surface area contributed by atoms with Crippen molar-refractivity contribution in [1.82, 2.24) is 10.2 Å². The molecule has 4 nitrogen and oxygen atoms in total. The molecule has 1 amide bonds. The maximum atomic E-state index is 13.2. The zero-order valence-corrected chi connectivity index (χ0v) is 14.1. The molecule has 0 bridgehead atoms. The monoisotopic (exact) mass is 334 g/mol. The van der Waals surface area contributed by atoms with Crippen molar-refractivity contribution in [3.8, 4) is 0 Å². The van der Waals surface area contributed by atoms with E-state index in [9.17, 15) is 14.3 Å². The van der Waals surface area contributed by atoms with Crippen LogP contribution in [0.4, 0.5) is 4.39 Å². The smallest absolute Gasteiger partial charge is 0.224 e. The molecule has 1 saturated heterocycles. The van der Waals surface area contributed by atoms with Gasteiger partial charge in [-0.25, -0.2) is 4.39 Å². The van der Waals surface area contributed by atoms with E-state index in [4.69, 9.17) is 0 Å². The fraction of sp³-hybridized carbons (Fsp3) is 0.632. The normalized spacial score (nSPS) is 24.0. The average Bonchev–Trinajstić information content (AvgIpc) is 3.10. The van der Waals surface area contributed by atoms with Gasteiger partial charge in [0.1, 0.15) is 5.82 Å². The van der Waals surface area contributed by atoms with E-state index >= 15 is 0 Å². The van der Waals surface area contributed by atoms with Gasteiger partial charge in [-0.15, -0.1) is 0 Å². The van der Waals surface area contributed by atoms with E-state index in [1.165, 1.54) is 44.2 Å². The quantitative estimate of drug-likeness (QED) is 0.870. The van der Waals surface area contributed by atoms with Crippen LogP contribution >= 0.6 is 0 Å². The highest BCUT2D eigenvalue weighted by atomic mass is 19.1. The molecule has 0 radical (unpaired) electrons. The number of carbonyl (C=O) groups is 1. The Kier molecular flexibility index (Phi) is 5.85. The molecule has 1 heterocycles. The molecule has 0 aromatic heterocycles. The molecule has 3 rings (SSSR count). The van der Waals surface area contributed by atoms with Crippen LogP contribution in [-0.2, 0) is 4.79 Å². The van der Waals surface area contributed by atoms with Gasteiger partial charge in [0.25, 0.3) is 0 Å². The largest absolute Gasteiger partial charge is 0.387 e. The summed E-state index contributed by atoms with van der Waals surface area (Å²) in [6.07, 6.45) is 6.47. The lowest BCUT2D eigenvalue weighted by Crippen LogP contribution is -2.38. The van der Waals surface area contributed by atoms with Gasteiger partial charge in [-0.1, -0.05) is 31.4 Å². The Morgan fingerprint density at radius 3 is 2.83 bits per heavy atom. The maximum Gasteiger partial charge on any atom is 0.224 e. The summed E-state index contributed by atoms with van der Waals surface area (Å²) < 4.78 is 13.2. The zero-order chi connectivity index (χ0) is 16.9. The van der Waals surface area contributed by atoms with Crippen molar-refractivity contribution >= 4 is 5.91 Å². The molecule has 2 fully saturated rings. The van der Waals surface area contributed by atoms with Crippen LogP contribution in [0.15, 0.2) is 24.3 Å². The van der Waals surface area contributed by atoms with Gasteiger partial charge in [-0.3, -0.25) is 9.69 Å². The van der Waals surface area contributed by atoms with Crippen molar-refractivity contribution in [1.29, 1.82) is 0 Å². The number of nitrogens with one attached hydrogen (secondary N) is 1. The molecule has 5 heteroatoms. The summed E-state index contributed by atoms with van der Waals surface area (Å²) in [6, 6.07) is 6.52. The van der Waals surface area contributed by atoms with E-state index in [0.717, 1.165) is 19.5 Å². The molecule has 1 aliphatic heterocycles. The van der Waals surface area contributed by atoms with Crippen LogP contribution in [-0.4, -0.2) is 41.6 Å². The number of hydrogen-bond donors (Lipinski definition) is 2. The number of benzene rings is 1. The molecular formula is C19H27FN2O2. The Morgan fingerprint density at radius 2 is 2.08 bits per heavy atom. The van der Waals surface area contributed by atoms with Gasteiger partial charge >= 0.3 is 0 Å². The fourth-order valence-corrected chi connectivity index (χ4v) is 3.95. The second-order valence-corrected chi connectivity index (χ2v) is 7.09. The van der Waals surface area contributed by atoms with Crippen LogP contribution < -0.4 is 5.32 Å². The predicted molar refractivity (Wildman–Crippen MR) is 90.9 cm³/mol. The molecule has 2 atom stereocenters. The second kappa shape index (κ2) is 8.08. The lowest BCUT2D eigenvalue weighted by molar-refractivity contribution is -0.125. The Hall–Kier alpha value is -1.46. The van der Waals surface area contributed by atoms with Gasteiger partial charge in [0.05, 0.1) is 12.0 Å². The van der Waals surface area contributed by atoms with Crippen LogP contribution in [0.1, 0.15) is 50.2 Å². The van der Waals surface area contributed by atoms with Crippen molar-refractivity contribution in [3.05, 3.63) is 35.6 Å². The third kappa shape index (κ3) is 4.33. The maximum absolute atomic E-state index is 13.2. The lowest BCUT2D eigenvalue weighted by atomic mass is 9.94. The Bertz CT molecular complexity index is 560. The van der Waals surface area contributed by atoms with Gasteiger partial charge in [0.15, 0.2) is 0 Å². The first-order valence-corrected chi connectivity index (χ1v) is 9.09. The van der Waals surface area contributed by atoms with Crippen molar-refractivity contribution in [2.75, 3.05) is 19.6 Å². The summed E-state index contributed by atoms with van der Waals surface area (Å²) in [7, 11) is 0. The number of likely N-dealkylation sites (tertiary alicyclic amines) is 1. The van der Waals surface area contributed by atoms with Crippen molar-refractivity contribution in [2.24, 2.45) is 5.92 Å². The minimum atomic E-state index is -0.875. The topological polar surface area (TPSA) is 52.6 Å². The standard InChI is InChI=1S/C19H27FN2O2/c20-16-6-4-5-14(11-16)18(23)12-21-19(24)15-9-10-22(13-15)17-7-2-1-3-8-17/h4-6,11,15,17-18,23H,1-3,7-10,12-13H2,(H,21,24). The fourth-order valence-electron chi connectivity index (χ4n) is 3.95. The van der Waals surface area contributed by atoms with E-state index in [1.807, 2.05) is 0 Å². The first kappa shape index (κ1) is 17.4. The highest BCUT2D eigenvalue weighted by Crippen LogP contribution is 2.27. The average molecular weight is 334 g/mol.